The molecule has 0 fully saturated rings. The first-order valence-electron chi connectivity index (χ1n) is 8.63. The van der Waals surface area contributed by atoms with Crippen molar-refractivity contribution < 1.29 is 4.79 Å². The summed E-state index contributed by atoms with van der Waals surface area (Å²) in [6.07, 6.45) is 1.51. The van der Waals surface area contributed by atoms with Gasteiger partial charge in [-0.1, -0.05) is 44.2 Å². The van der Waals surface area contributed by atoms with Crippen LogP contribution in [0.15, 0.2) is 52.4 Å². The molecule has 1 aromatic carbocycles. The van der Waals surface area contributed by atoms with Gasteiger partial charge in [-0.05, 0) is 44.4 Å². The zero-order valence-electron chi connectivity index (χ0n) is 15.4. The number of hydrogen-bond donors (Lipinski definition) is 1. The van der Waals surface area contributed by atoms with Gasteiger partial charge in [0.2, 0.25) is 5.82 Å². The Bertz CT molecular complexity index is 1010. The number of amides is 1. The summed E-state index contributed by atoms with van der Waals surface area (Å²) in [4.78, 5) is 21.6. The lowest BCUT2D eigenvalue weighted by Gasteiger charge is -2.26. The second-order valence-corrected chi connectivity index (χ2v) is 8.25. The third-order valence-electron chi connectivity index (χ3n) is 3.80. The van der Waals surface area contributed by atoms with Crippen LogP contribution in [0.25, 0.3) is 11.1 Å². The highest BCUT2D eigenvalue weighted by Gasteiger charge is 2.19. The number of carbonyl (C=O) groups excluding carboxylic acids is 1. The normalized spacial score (nSPS) is 10.5. The van der Waals surface area contributed by atoms with Crippen molar-refractivity contribution >= 4 is 39.0 Å². The Balaban J connectivity index is 1.85. The first kappa shape index (κ1) is 20.0. The molecular weight excluding hydrogens is 438 g/mol. The van der Waals surface area contributed by atoms with E-state index >= 15 is 0 Å². The summed E-state index contributed by atoms with van der Waals surface area (Å²) in [5.74, 6) is 0.532. The lowest BCUT2D eigenvalue weighted by molar-refractivity contribution is 0.0951. The van der Waals surface area contributed by atoms with Gasteiger partial charge in [0.25, 0.3) is 5.91 Å². The molecule has 0 unspecified atom stereocenters. The number of nitriles is 1. The van der Waals surface area contributed by atoms with Gasteiger partial charge in [0, 0.05) is 12.7 Å². The highest BCUT2D eigenvalue weighted by Crippen LogP contribution is 2.26. The molecule has 0 bridgehead atoms. The van der Waals surface area contributed by atoms with Crippen molar-refractivity contribution in [3.8, 4) is 17.2 Å². The minimum absolute atomic E-state index is 0.0451. The Morgan fingerprint density at radius 1 is 1.32 bits per heavy atom. The maximum atomic E-state index is 12.9. The Labute approximate surface area is 176 Å². The van der Waals surface area contributed by atoms with Crippen LogP contribution in [0, 0.1) is 17.2 Å². The van der Waals surface area contributed by atoms with Gasteiger partial charge in [0.1, 0.15) is 6.07 Å². The van der Waals surface area contributed by atoms with Crippen molar-refractivity contribution in [2.75, 3.05) is 11.6 Å². The van der Waals surface area contributed by atoms with Crippen molar-refractivity contribution in [1.29, 1.82) is 5.26 Å². The van der Waals surface area contributed by atoms with Crippen molar-refractivity contribution in [2.24, 2.45) is 5.92 Å². The third kappa shape index (κ3) is 4.74. The fraction of sp³-hybridized carbons (Fsp3) is 0.200. The summed E-state index contributed by atoms with van der Waals surface area (Å²) >= 11 is 4.79. The average Bonchev–Trinajstić information content (AvgIpc) is 3.18. The Morgan fingerprint density at radius 3 is 2.75 bits per heavy atom. The van der Waals surface area contributed by atoms with Gasteiger partial charge in [0.05, 0.1) is 9.35 Å². The maximum Gasteiger partial charge on any atom is 0.279 e. The molecule has 1 amide bonds. The van der Waals surface area contributed by atoms with Crippen molar-refractivity contribution in [1.82, 2.24) is 15.4 Å². The second kappa shape index (κ2) is 8.95. The van der Waals surface area contributed by atoms with Crippen LogP contribution in [-0.2, 0) is 0 Å². The Hall–Kier alpha value is -2.76. The number of nitrogens with one attached hydrogen (secondary N) is 1. The van der Waals surface area contributed by atoms with Gasteiger partial charge in [-0.3, -0.25) is 15.2 Å². The molecule has 3 aromatic rings. The smallest absolute Gasteiger partial charge is 0.267 e. The maximum absolute atomic E-state index is 12.9. The molecule has 0 radical (unpaired) electrons. The van der Waals surface area contributed by atoms with E-state index < -0.39 is 0 Å². The lowest BCUT2D eigenvalue weighted by atomic mass is 10.1. The van der Waals surface area contributed by atoms with Gasteiger partial charge in [0.15, 0.2) is 5.82 Å². The van der Waals surface area contributed by atoms with Crippen LogP contribution < -0.4 is 10.4 Å². The van der Waals surface area contributed by atoms with E-state index in [2.05, 4.69) is 31.3 Å². The zero-order valence-corrected chi connectivity index (χ0v) is 17.8. The minimum atomic E-state index is -0.225. The van der Waals surface area contributed by atoms with Gasteiger partial charge >= 0.3 is 0 Å². The number of carbonyl (C=O) groups is 1. The summed E-state index contributed by atoms with van der Waals surface area (Å²) in [6.45, 7) is 4.61. The number of hydrogen-bond acceptors (Lipinski definition) is 6. The summed E-state index contributed by atoms with van der Waals surface area (Å²) in [6, 6.07) is 13.7. The molecule has 0 saturated heterocycles. The Kier molecular flexibility index (Phi) is 6.39. The number of aromatic nitrogens is 2. The summed E-state index contributed by atoms with van der Waals surface area (Å²) in [5, 5.41) is 12.7. The first-order valence-corrected chi connectivity index (χ1v) is 10.3. The molecule has 28 heavy (non-hydrogen) atoms. The molecule has 0 saturated carbocycles. The number of thiophene rings is 1. The molecule has 142 valence electrons. The third-order valence-corrected chi connectivity index (χ3v) is 5.28. The fourth-order valence-corrected chi connectivity index (χ4v) is 3.78. The average molecular weight is 456 g/mol. The summed E-state index contributed by atoms with van der Waals surface area (Å²) < 4.78 is 0.601. The van der Waals surface area contributed by atoms with E-state index in [-0.39, 0.29) is 17.6 Å². The van der Waals surface area contributed by atoms with Crippen LogP contribution >= 0.6 is 27.3 Å². The lowest BCUT2D eigenvalue weighted by Crippen LogP contribution is -2.45. The first-order chi connectivity index (χ1) is 13.5. The molecule has 2 heterocycles. The summed E-state index contributed by atoms with van der Waals surface area (Å²) in [5.41, 5.74) is 4.98. The number of halogens is 1. The van der Waals surface area contributed by atoms with Crippen LogP contribution in [0.3, 0.4) is 0 Å². The zero-order chi connectivity index (χ0) is 20.1. The quantitative estimate of drug-likeness (QED) is 0.547. The monoisotopic (exact) mass is 455 g/mol. The van der Waals surface area contributed by atoms with E-state index in [4.69, 9.17) is 5.26 Å². The molecule has 0 aliphatic carbocycles. The van der Waals surface area contributed by atoms with Crippen LogP contribution in [0.2, 0.25) is 0 Å². The fourth-order valence-electron chi connectivity index (χ4n) is 2.57. The molecule has 6 nitrogen and oxygen atoms in total. The van der Waals surface area contributed by atoms with Gasteiger partial charge < -0.3 is 0 Å². The van der Waals surface area contributed by atoms with E-state index in [0.29, 0.717) is 21.7 Å². The number of anilines is 1. The van der Waals surface area contributed by atoms with Crippen molar-refractivity contribution in [3.05, 3.63) is 63.1 Å². The molecular formula is C20H18BrN5OS. The van der Waals surface area contributed by atoms with E-state index in [1.807, 2.05) is 61.7 Å². The molecule has 0 atom stereocenters. The number of benzene rings is 1. The molecule has 0 spiro atoms. The molecule has 0 aliphatic rings. The SMILES string of the molecule is CC(C)CN(NC(=O)c1cc(-c2ccccc2)cs1)c1nc(C#N)ncc1Br. The molecule has 1 N–H and O–H groups in total. The van der Waals surface area contributed by atoms with Crippen LogP contribution in [-0.4, -0.2) is 22.4 Å². The van der Waals surface area contributed by atoms with E-state index in [1.165, 1.54) is 17.5 Å². The van der Waals surface area contributed by atoms with Crippen molar-refractivity contribution in [3.63, 3.8) is 0 Å². The van der Waals surface area contributed by atoms with E-state index in [0.717, 1.165) is 11.1 Å². The highest BCUT2D eigenvalue weighted by atomic mass is 79.9. The van der Waals surface area contributed by atoms with Crippen LogP contribution in [0.5, 0.6) is 0 Å². The van der Waals surface area contributed by atoms with E-state index in [9.17, 15) is 4.79 Å². The molecule has 2 aromatic heterocycles. The topological polar surface area (TPSA) is 81.9 Å². The van der Waals surface area contributed by atoms with Crippen LogP contribution in [0.4, 0.5) is 5.82 Å². The van der Waals surface area contributed by atoms with Gasteiger partial charge in [-0.15, -0.1) is 11.3 Å². The van der Waals surface area contributed by atoms with E-state index in [1.54, 1.807) is 5.01 Å². The predicted molar refractivity (Wildman–Crippen MR) is 114 cm³/mol. The predicted octanol–water partition coefficient (Wildman–Crippen LogP) is 4.65. The van der Waals surface area contributed by atoms with Gasteiger partial charge in [-0.25, -0.2) is 4.98 Å². The highest BCUT2D eigenvalue weighted by molar-refractivity contribution is 9.10. The van der Waals surface area contributed by atoms with Crippen molar-refractivity contribution in [2.45, 2.75) is 13.8 Å². The van der Waals surface area contributed by atoms with Gasteiger partial charge in [-0.2, -0.15) is 10.2 Å². The second-order valence-electron chi connectivity index (χ2n) is 6.49. The molecule has 0 aliphatic heterocycles. The largest absolute Gasteiger partial charge is 0.279 e. The Morgan fingerprint density at radius 2 is 2.07 bits per heavy atom. The van der Waals surface area contributed by atoms with Crippen LogP contribution in [0.1, 0.15) is 29.3 Å². The summed E-state index contributed by atoms with van der Waals surface area (Å²) in [7, 11) is 0. The number of nitrogens with zero attached hydrogens (tertiary/aromatic N) is 4. The molecule has 8 heteroatoms. The molecule has 3 rings (SSSR count). The minimum Gasteiger partial charge on any atom is -0.267 e. The standard InChI is InChI=1S/C20H18BrN5OS/c1-13(2)11-26(19-16(21)10-23-18(9-22)24-19)25-20(27)17-8-15(12-28-17)14-6-4-3-5-7-14/h3-8,10,12-13H,11H2,1-2H3,(H,25,27). The number of hydrazine groups is 1. The number of rotatable bonds is 6.